The quantitative estimate of drug-likeness (QED) is 0.709. The molecule has 1 aliphatic heterocycles. The van der Waals surface area contributed by atoms with Crippen LogP contribution >= 0.6 is 12.2 Å². The Morgan fingerprint density at radius 2 is 1.76 bits per heavy atom. The highest BCUT2D eigenvalue weighted by Crippen LogP contribution is 2.20. The molecule has 1 fully saturated rings. The second-order valence-electron chi connectivity index (χ2n) is 6.32. The highest BCUT2D eigenvalue weighted by molar-refractivity contribution is 7.80. The molecule has 0 saturated carbocycles. The van der Waals surface area contributed by atoms with Crippen LogP contribution in [0.3, 0.4) is 0 Å². The minimum absolute atomic E-state index is 0.102. The van der Waals surface area contributed by atoms with E-state index in [0.717, 1.165) is 12.1 Å². The van der Waals surface area contributed by atoms with Gasteiger partial charge in [0.25, 0.3) is 11.8 Å². The van der Waals surface area contributed by atoms with Crippen LogP contribution in [-0.4, -0.2) is 45.3 Å². The SMILES string of the molecule is CCN1C(=O)C(CC(=O)Nc2ccccc2)N(NC(=O)c2ccc(F)cc2)C1=S. The number of nitrogens with one attached hydrogen (secondary N) is 2. The molecular formula is C20H19FN4O3S. The number of hydrogen-bond donors (Lipinski definition) is 2. The van der Waals surface area contributed by atoms with Crippen molar-refractivity contribution in [1.29, 1.82) is 0 Å². The lowest BCUT2D eigenvalue weighted by atomic mass is 10.1. The van der Waals surface area contributed by atoms with E-state index in [1.54, 1.807) is 31.2 Å². The van der Waals surface area contributed by atoms with Gasteiger partial charge in [0.15, 0.2) is 5.11 Å². The van der Waals surface area contributed by atoms with E-state index in [0.29, 0.717) is 12.2 Å². The molecule has 7 nitrogen and oxygen atoms in total. The summed E-state index contributed by atoms with van der Waals surface area (Å²) in [5.74, 6) is -1.80. The third-order valence-corrected chi connectivity index (χ3v) is 4.80. The van der Waals surface area contributed by atoms with E-state index >= 15 is 0 Å². The molecule has 9 heteroatoms. The fraction of sp³-hybridized carbons (Fsp3) is 0.200. The van der Waals surface area contributed by atoms with Gasteiger partial charge in [-0.15, -0.1) is 0 Å². The van der Waals surface area contributed by atoms with Crippen molar-refractivity contribution >= 4 is 40.7 Å². The van der Waals surface area contributed by atoms with Crippen LogP contribution in [0.15, 0.2) is 54.6 Å². The standard InChI is InChI=1S/C20H19FN4O3S/c1-2-24-19(28)16(12-17(26)22-15-6-4-3-5-7-15)25(20(24)29)23-18(27)13-8-10-14(21)11-9-13/h3-11,16H,2,12H2,1H3,(H,22,26)(H,23,27). The summed E-state index contributed by atoms with van der Waals surface area (Å²) in [6, 6.07) is 12.8. The number of benzene rings is 2. The van der Waals surface area contributed by atoms with Crippen LogP contribution in [0.2, 0.25) is 0 Å². The fourth-order valence-electron chi connectivity index (χ4n) is 2.93. The predicted molar refractivity (Wildman–Crippen MR) is 109 cm³/mol. The number of likely N-dealkylation sites (N-methyl/N-ethyl adjacent to an activating group) is 1. The Morgan fingerprint density at radius 3 is 2.38 bits per heavy atom. The third kappa shape index (κ3) is 4.57. The Kier molecular flexibility index (Phi) is 6.18. The largest absolute Gasteiger partial charge is 0.326 e. The minimum atomic E-state index is -0.976. The Bertz CT molecular complexity index is 937. The van der Waals surface area contributed by atoms with Crippen molar-refractivity contribution in [2.45, 2.75) is 19.4 Å². The van der Waals surface area contributed by atoms with Crippen LogP contribution in [0.1, 0.15) is 23.7 Å². The number of anilines is 1. The summed E-state index contributed by atoms with van der Waals surface area (Å²) < 4.78 is 13.1. The molecule has 29 heavy (non-hydrogen) atoms. The summed E-state index contributed by atoms with van der Waals surface area (Å²) >= 11 is 5.31. The molecule has 2 aromatic rings. The topological polar surface area (TPSA) is 81.8 Å². The van der Waals surface area contributed by atoms with Crippen molar-refractivity contribution in [3.8, 4) is 0 Å². The molecule has 1 aliphatic rings. The second kappa shape index (κ2) is 8.78. The molecule has 150 valence electrons. The maximum atomic E-state index is 13.1. The summed E-state index contributed by atoms with van der Waals surface area (Å²) in [4.78, 5) is 39.0. The van der Waals surface area contributed by atoms with E-state index in [9.17, 15) is 18.8 Å². The van der Waals surface area contributed by atoms with Crippen molar-refractivity contribution in [2.24, 2.45) is 0 Å². The van der Waals surface area contributed by atoms with E-state index in [2.05, 4.69) is 10.7 Å². The van der Waals surface area contributed by atoms with Gasteiger partial charge in [-0.2, -0.15) is 0 Å². The van der Waals surface area contributed by atoms with Gasteiger partial charge >= 0.3 is 0 Å². The van der Waals surface area contributed by atoms with Gasteiger partial charge in [0.2, 0.25) is 5.91 Å². The molecule has 0 aliphatic carbocycles. The number of hydrazine groups is 1. The van der Waals surface area contributed by atoms with Gasteiger partial charge in [-0.05, 0) is 55.5 Å². The monoisotopic (exact) mass is 414 g/mol. The van der Waals surface area contributed by atoms with E-state index in [4.69, 9.17) is 12.2 Å². The van der Waals surface area contributed by atoms with Gasteiger partial charge in [0.1, 0.15) is 11.9 Å². The Balaban J connectivity index is 1.76. The summed E-state index contributed by atoms with van der Waals surface area (Å²) in [5, 5.41) is 4.04. The molecular weight excluding hydrogens is 395 g/mol. The van der Waals surface area contributed by atoms with Crippen molar-refractivity contribution < 1.29 is 18.8 Å². The molecule has 1 saturated heterocycles. The zero-order valence-corrected chi connectivity index (χ0v) is 16.4. The van der Waals surface area contributed by atoms with E-state index in [1.165, 1.54) is 22.0 Å². The van der Waals surface area contributed by atoms with Crippen molar-refractivity contribution in [3.05, 3.63) is 66.0 Å². The normalized spacial score (nSPS) is 16.1. The highest BCUT2D eigenvalue weighted by atomic mass is 32.1. The molecule has 0 aromatic heterocycles. The first kappa shape index (κ1) is 20.4. The number of amides is 3. The van der Waals surface area contributed by atoms with Gasteiger partial charge in [-0.25, -0.2) is 9.40 Å². The molecule has 1 atom stereocenters. The smallest absolute Gasteiger partial charge is 0.269 e. The second-order valence-corrected chi connectivity index (χ2v) is 6.68. The van der Waals surface area contributed by atoms with Crippen LogP contribution in [0.4, 0.5) is 10.1 Å². The Morgan fingerprint density at radius 1 is 1.10 bits per heavy atom. The Hall–Kier alpha value is -3.33. The van der Waals surface area contributed by atoms with Gasteiger partial charge < -0.3 is 5.32 Å². The van der Waals surface area contributed by atoms with Crippen LogP contribution in [0, 0.1) is 5.82 Å². The molecule has 2 N–H and O–H groups in total. The number of carbonyl (C=O) groups is 3. The molecule has 0 radical (unpaired) electrons. The predicted octanol–water partition coefficient (Wildman–Crippen LogP) is 2.32. The summed E-state index contributed by atoms with van der Waals surface area (Å²) in [7, 11) is 0. The molecule has 0 bridgehead atoms. The lowest BCUT2D eigenvalue weighted by Gasteiger charge is -2.24. The Labute approximate surface area is 172 Å². The van der Waals surface area contributed by atoms with Gasteiger partial charge in [-0.1, -0.05) is 18.2 Å². The number of para-hydroxylation sites is 1. The minimum Gasteiger partial charge on any atom is -0.326 e. The van der Waals surface area contributed by atoms with Gasteiger partial charge in [0.05, 0.1) is 6.42 Å². The van der Waals surface area contributed by atoms with Crippen molar-refractivity contribution in [2.75, 3.05) is 11.9 Å². The summed E-state index contributed by atoms with van der Waals surface area (Å²) in [5.41, 5.74) is 3.36. The van der Waals surface area contributed by atoms with Gasteiger partial charge in [-0.3, -0.25) is 24.7 Å². The van der Waals surface area contributed by atoms with Crippen molar-refractivity contribution in [1.82, 2.24) is 15.3 Å². The van der Waals surface area contributed by atoms with Crippen LogP contribution in [0.5, 0.6) is 0 Å². The first-order chi connectivity index (χ1) is 13.9. The summed E-state index contributed by atoms with van der Waals surface area (Å²) in [6.07, 6.45) is -0.200. The zero-order valence-electron chi connectivity index (χ0n) is 15.6. The van der Waals surface area contributed by atoms with Crippen LogP contribution < -0.4 is 10.7 Å². The molecule has 3 rings (SSSR count). The third-order valence-electron chi connectivity index (χ3n) is 4.38. The number of hydrogen-bond acceptors (Lipinski definition) is 4. The number of nitrogens with zero attached hydrogens (tertiary/aromatic N) is 2. The lowest BCUT2D eigenvalue weighted by molar-refractivity contribution is -0.130. The highest BCUT2D eigenvalue weighted by Gasteiger charge is 2.43. The van der Waals surface area contributed by atoms with E-state index < -0.39 is 23.7 Å². The maximum absolute atomic E-state index is 13.1. The maximum Gasteiger partial charge on any atom is 0.269 e. The zero-order chi connectivity index (χ0) is 21.0. The lowest BCUT2D eigenvalue weighted by Crippen LogP contribution is -2.49. The van der Waals surface area contributed by atoms with Crippen molar-refractivity contribution in [3.63, 3.8) is 0 Å². The van der Waals surface area contributed by atoms with Crippen LogP contribution in [-0.2, 0) is 9.59 Å². The molecule has 2 aromatic carbocycles. The molecule has 3 amide bonds. The number of halogens is 1. The first-order valence-electron chi connectivity index (χ1n) is 8.96. The first-order valence-corrected chi connectivity index (χ1v) is 9.37. The average Bonchev–Trinajstić information content (AvgIpc) is 2.92. The van der Waals surface area contributed by atoms with E-state index in [1.807, 2.05) is 6.07 Å². The average molecular weight is 414 g/mol. The summed E-state index contributed by atoms with van der Waals surface area (Å²) in [6.45, 7) is 2.05. The molecule has 1 heterocycles. The fourth-order valence-corrected chi connectivity index (χ4v) is 3.32. The molecule has 0 spiro atoms. The van der Waals surface area contributed by atoms with E-state index in [-0.39, 0.29) is 23.0 Å². The van der Waals surface area contributed by atoms with Crippen LogP contribution in [0.25, 0.3) is 0 Å². The number of thiocarbonyl (C=S) groups is 1. The van der Waals surface area contributed by atoms with Gasteiger partial charge in [0, 0.05) is 17.8 Å². The number of rotatable bonds is 6. The molecule has 1 unspecified atom stereocenters. The number of carbonyl (C=O) groups excluding carboxylic acids is 3.